The van der Waals surface area contributed by atoms with Crippen LogP contribution < -0.4 is 5.73 Å². The molecule has 1 unspecified atom stereocenters. The van der Waals surface area contributed by atoms with Crippen molar-refractivity contribution in [3.05, 3.63) is 65.5 Å². The Kier molecular flexibility index (Phi) is 3.87. The molecule has 5 nitrogen and oxygen atoms in total. The summed E-state index contributed by atoms with van der Waals surface area (Å²) in [4.78, 5) is 30.1. The van der Waals surface area contributed by atoms with Crippen molar-refractivity contribution in [2.24, 2.45) is 5.73 Å². The number of rotatable bonds is 3. The first-order valence-corrected chi connectivity index (χ1v) is 7.22. The van der Waals surface area contributed by atoms with E-state index in [2.05, 4.69) is 4.98 Å². The molecule has 1 aliphatic heterocycles. The van der Waals surface area contributed by atoms with E-state index in [4.69, 9.17) is 5.73 Å². The van der Waals surface area contributed by atoms with Gasteiger partial charge >= 0.3 is 0 Å². The second-order valence-corrected chi connectivity index (χ2v) is 5.38. The zero-order valence-corrected chi connectivity index (χ0v) is 12.1. The van der Waals surface area contributed by atoms with Gasteiger partial charge < -0.3 is 10.6 Å². The molecule has 2 amide bonds. The number of hydrogen-bond donors (Lipinski definition) is 1. The van der Waals surface area contributed by atoms with Gasteiger partial charge in [-0.15, -0.1) is 0 Å². The Balaban J connectivity index is 1.87. The van der Waals surface area contributed by atoms with Crippen LogP contribution in [0.2, 0.25) is 0 Å². The van der Waals surface area contributed by atoms with Gasteiger partial charge in [0.25, 0.3) is 0 Å². The minimum absolute atomic E-state index is 0.105. The number of carbonyl (C=O) groups is 2. The number of aromatic nitrogens is 1. The Labute approximate surface area is 128 Å². The lowest BCUT2D eigenvalue weighted by Gasteiger charge is -2.35. The molecule has 2 heterocycles. The number of benzene rings is 1. The van der Waals surface area contributed by atoms with E-state index in [1.54, 1.807) is 23.4 Å². The Morgan fingerprint density at radius 3 is 2.77 bits per heavy atom. The summed E-state index contributed by atoms with van der Waals surface area (Å²) in [7, 11) is 0. The summed E-state index contributed by atoms with van der Waals surface area (Å²) >= 11 is 0. The largest absolute Gasteiger partial charge is 0.368 e. The molecule has 0 saturated heterocycles. The molecule has 0 fully saturated rings. The van der Waals surface area contributed by atoms with Crippen LogP contribution >= 0.6 is 0 Å². The molecule has 22 heavy (non-hydrogen) atoms. The van der Waals surface area contributed by atoms with Gasteiger partial charge in [-0.05, 0) is 29.2 Å². The summed E-state index contributed by atoms with van der Waals surface area (Å²) in [5.74, 6) is -0.599. The number of nitrogens with two attached hydrogens (primary N) is 1. The molecule has 0 bridgehead atoms. The lowest BCUT2D eigenvalue weighted by molar-refractivity contribution is -0.139. The van der Waals surface area contributed by atoms with Crippen LogP contribution in [0.15, 0.2) is 48.8 Å². The van der Waals surface area contributed by atoms with E-state index in [9.17, 15) is 9.59 Å². The summed E-state index contributed by atoms with van der Waals surface area (Å²) in [5.41, 5.74) is 8.30. The summed E-state index contributed by atoms with van der Waals surface area (Å²) in [5, 5.41) is 0. The minimum atomic E-state index is -0.686. The normalized spacial score (nSPS) is 16.9. The van der Waals surface area contributed by atoms with E-state index < -0.39 is 11.9 Å². The summed E-state index contributed by atoms with van der Waals surface area (Å²) < 4.78 is 0. The maximum Gasteiger partial charge on any atom is 0.244 e. The first-order chi connectivity index (χ1) is 10.7. The van der Waals surface area contributed by atoms with Crippen molar-refractivity contribution in [1.29, 1.82) is 0 Å². The molecule has 0 aliphatic carbocycles. The Hall–Kier alpha value is -2.69. The first kappa shape index (κ1) is 14.3. The molecule has 0 saturated carbocycles. The third-order valence-corrected chi connectivity index (χ3v) is 3.95. The molecular formula is C17H17N3O2. The maximum absolute atomic E-state index is 12.6. The van der Waals surface area contributed by atoms with Crippen molar-refractivity contribution in [2.45, 2.75) is 18.9 Å². The summed E-state index contributed by atoms with van der Waals surface area (Å²) in [6, 6.07) is 10.6. The standard InChI is InChI=1S/C17H17N3O2/c18-17(22)16-14-6-2-1-5-13(14)7-9-20(16)15(21)10-12-4-3-8-19-11-12/h1-6,8,11,16H,7,9-10H2,(H2,18,22). The van der Waals surface area contributed by atoms with Crippen molar-refractivity contribution in [2.75, 3.05) is 6.54 Å². The lowest BCUT2D eigenvalue weighted by atomic mass is 9.91. The third-order valence-electron chi connectivity index (χ3n) is 3.95. The number of primary amides is 1. The molecule has 1 aromatic carbocycles. The highest BCUT2D eigenvalue weighted by atomic mass is 16.2. The molecule has 3 rings (SSSR count). The van der Waals surface area contributed by atoms with Crippen LogP contribution in [0.3, 0.4) is 0 Å². The molecule has 0 radical (unpaired) electrons. The fourth-order valence-electron chi connectivity index (χ4n) is 2.92. The number of carbonyl (C=O) groups excluding carboxylic acids is 2. The monoisotopic (exact) mass is 295 g/mol. The predicted octanol–water partition coefficient (Wildman–Crippen LogP) is 1.24. The fraction of sp³-hybridized carbons (Fsp3) is 0.235. The Morgan fingerprint density at radius 2 is 2.05 bits per heavy atom. The van der Waals surface area contributed by atoms with Crippen molar-refractivity contribution in [3.8, 4) is 0 Å². The average molecular weight is 295 g/mol. The Bertz CT molecular complexity index is 700. The highest BCUT2D eigenvalue weighted by Gasteiger charge is 2.34. The molecule has 2 aromatic rings. The first-order valence-electron chi connectivity index (χ1n) is 7.22. The summed E-state index contributed by atoms with van der Waals surface area (Å²) in [6.07, 6.45) is 4.28. The molecule has 5 heteroatoms. The lowest BCUT2D eigenvalue weighted by Crippen LogP contribution is -2.46. The van der Waals surface area contributed by atoms with Crippen LogP contribution in [0.25, 0.3) is 0 Å². The maximum atomic E-state index is 12.6. The zero-order chi connectivity index (χ0) is 15.5. The van der Waals surface area contributed by atoms with Gasteiger partial charge in [0, 0.05) is 18.9 Å². The smallest absolute Gasteiger partial charge is 0.244 e. The predicted molar refractivity (Wildman–Crippen MR) is 81.7 cm³/mol. The van der Waals surface area contributed by atoms with Gasteiger partial charge in [0.1, 0.15) is 6.04 Å². The van der Waals surface area contributed by atoms with E-state index in [0.717, 1.165) is 23.1 Å². The van der Waals surface area contributed by atoms with Gasteiger partial charge in [0.05, 0.1) is 6.42 Å². The molecular weight excluding hydrogens is 278 g/mol. The minimum Gasteiger partial charge on any atom is -0.368 e. The van der Waals surface area contributed by atoms with Crippen molar-refractivity contribution in [1.82, 2.24) is 9.88 Å². The van der Waals surface area contributed by atoms with Crippen molar-refractivity contribution >= 4 is 11.8 Å². The van der Waals surface area contributed by atoms with Crippen molar-refractivity contribution in [3.63, 3.8) is 0 Å². The van der Waals surface area contributed by atoms with Gasteiger partial charge in [0.2, 0.25) is 11.8 Å². The van der Waals surface area contributed by atoms with Crippen LogP contribution in [0.5, 0.6) is 0 Å². The van der Waals surface area contributed by atoms with Gasteiger partial charge in [0.15, 0.2) is 0 Å². The van der Waals surface area contributed by atoms with Crippen LogP contribution in [0.1, 0.15) is 22.7 Å². The van der Waals surface area contributed by atoms with Crippen LogP contribution in [-0.2, 0) is 22.4 Å². The topological polar surface area (TPSA) is 76.3 Å². The Morgan fingerprint density at radius 1 is 1.23 bits per heavy atom. The van der Waals surface area contributed by atoms with Gasteiger partial charge in [-0.2, -0.15) is 0 Å². The van der Waals surface area contributed by atoms with Crippen LogP contribution in [-0.4, -0.2) is 28.2 Å². The second-order valence-electron chi connectivity index (χ2n) is 5.38. The molecule has 1 aromatic heterocycles. The van der Waals surface area contributed by atoms with Gasteiger partial charge in [-0.1, -0.05) is 30.3 Å². The van der Waals surface area contributed by atoms with E-state index in [1.165, 1.54) is 0 Å². The molecule has 0 spiro atoms. The number of pyridine rings is 1. The van der Waals surface area contributed by atoms with E-state index in [1.807, 2.05) is 30.3 Å². The number of fused-ring (bicyclic) bond motifs is 1. The number of nitrogens with zero attached hydrogens (tertiary/aromatic N) is 2. The molecule has 112 valence electrons. The summed E-state index contributed by atoms with van der Waals surface area (Å²) in [6.45, 7) is 0.504. The van der Waals surface area contributed by atoms with Gasteiger partial charge in [-0.3, -0.25) is 14.6 Å². The molecule has 1 atom stereocenters. The van der Waals surface area contributed by atoms with E-state index >= 15 is 0 Å². The highest BCUT2D eigenvalue weighted by Crippen LogP contribution is 2.29. The van der Waals surface area contributed by atoms with E-state index in [0.29, 0.717) is 6.54 Å². The van der Waals surface area contributed by atoms with Gasteiger partial charge in [-0.25, -0.2) is 0 Å². The van der Waals surface area contributed by atoms with Crippen molar-refractivity contribution < 1.29 is 9.59 Å². The molecule has 1 aliphatic rings. The number of hydrogen-bond acceptors (Lipinski definition) is 3. The average Bonchev–Trinajstić information content (AvgIpc) is 2.54. The van der Waals surface area contributed by atoms with Crippen LogP contribution in [0, 0.1) is 0 Å². The molecule has 2 N–H and O–H groups in total. The third kappa shape index (κ3) is 2.70. The fourth-order valence-corrected chi connectivity index (χ4v) is 2.92. The van der Waals surface area contributed by atoms with Crippen LogP contribution in [0.4, 0.5) is 0 Å². The highest BCUT2D eigenvalue weighted by molar-refractivity contribution is 5.89. The van der Waals surface area contributed by atoms with E-state index in [-0.39, 0.29) is 12.3 Å². The number of amides is 2. The quantitative estimate of drug-likeness (QED) is 0.925. The second kappa shape index (κ2) is 5.97. The SMILES string of the molecule is NC(=O)C1c2ccccc2CCN1C(=O)Cc1cccnc1. The zero-order valence-electron chi connectivity index (χ0n) is 12.1.